The summed E-state index contributed by atoms with van der Waals surface area (Å²) in [7, 11) is 0. The van der Waals surface area contributed by atoms with Crippen LogP contribution in [0, 0.1) is 52.3 Å². The molecule has 0 saturated heterocycles. The van der Waals surface area contributed by atoms with Crippen molar-refractivity contribution >= 4 is 0 Å². The molecule has 180 valence electrons. The van der Waals surface area contributed by atoms with Gasteiger partial charge in [0.1, 0.15) is 6.33 Å². The molecule has 4 saturated carbocycles. The maximum Gasteiger partial charge on any atom is 0.138 e. The first-order valence-electron chi connectivity index (χ1n) is 14.1. The topological polar surface area (TPSA) is 43.6 Å². The van der Waals surface area contributed by atoms with Crippen molar-refractivity contribution < 1.29 is 0 Å². The van der Waals surface area contributed by atoms with Crippen molar-refractivity contribution in [2.75, 3.05) is 0 Å². The van der Waals surface area contributed by atoms with E-state index in [9.17, 15) is 0 Å². The summed E-state index contributed by atoms with van der Waals surface area (Å²) in [5.74, 6) is 6.56. The summed E-state index contributed by atoms with van der Waals surface area (Å²) in [5, 5.41) is 12.1. The van der Waals surface area contributed by atoms with E-state index in [1.165, 1.54) is 77.0 Å². The Morgan fingerprint density at radius 3 is 2.44 bits per heavy atom. The van der Waals surface area contributed by atoms with Gasteiger partial charge in [-0.05, 0) is 120 Å². The Morgan fingerprint density at radius 2 is 1.69 bits per heavy atom. The molecule has 32 heavy (non-hydrogen) atoms. The smallest absolute Gasteiger partial charge is 0.138 e. The van der Waals surface area contributed by atoms with Gasteiger partial charge in [0, 0.05) is 0 Å². The third kappa shape index (κ3) is 3.76. The molecule has 1 aromatic heterocycles. The highest BCUT2D eigenvalue weighted by Gasteiger charge is 2.60. The maximum atomic E-state index is 4.25. The maximum absolute atomic E-state index is 4.25. The van der Waals surface area contributed by atoms with Gasteiger partial charge in [-0.15, -0.1) is 5.10 Å². The summed E-state index contributed by atoms with van der Waals surface area (Å²) in [5.41, 5.74) is 1.17. The Labute approximate surface area is 196 Å². The molecule has 0 amide bonds. The van der Waals surface area contributed by atoms with Crippen LogP contribution in [0.25, 0.3) is 0 Å². The second kappa shape index (κ2) is 8.69. The Bertz CT molecular complexity index is 759. The predicted octanol–water partition coefficient (Wildman–Crippen LogP) is 7.34. The van der Waals surface area contributed by atoms with E-state index in [0.717, 1.165) is 41.4 Å². The van der Waals surface area contributed by atoms with Crippen molar-refractivity contribution in [1.29, 1.82) is 0 Å². The zero-order chi connectivity index (χ0) is 22.5. The summed E-state index contributed by atoms with van der Waals surface area (Å²) in [4.78, 5) is 0. The minimum Gasteiger partial charge on any atom is -0.229 e. The first kappa shape index (κ1) is 22.8. The summed E-state index contributed by atoms with van der Waals surface area (Å²) >= 11 is 0. The number of aromatic nitrogens is 4. The third-order valence-corrected chi connectivity index (χ3v) is 11.6. The third-order valence-electron chi connectivity index (χ3n) is 11.6. The highest BCUT2D eigenvalue weighted by molar-refractivity contribution is 5.09. The zero-order valence-electron chi connectivity index (χ0n) is 21.5. The first-order chi connectivity index (χ1) is 15.3. The van der Waals surface area contributed by atoms with Crippen molar-refractivity contribution in [1.82, 2.24) is 20.2 Å². The molecule has 0 bridgehead atoms. The highest BCUT2D eigenvalue weighted by Crippen LogP contribution is 2.68. The molecular formula is C28H48N4. The van der Waals surface area contributed by atoms with Crippen LogP contribution in [0.2, 0.25) is 0 Å². The molecule has 3 unspecified atom stereocenters. The van der Waals surface area contributed by atoms with Crippen LogP contribution in [0.15, 0.2) is 6.33 Å². The van der Waals surface area contributed by atoms with E-state index in [2.05, 4.69) is 50.1 Å². The summed E-state index contributed by atoms with van der Waals surface area (Å²) in [6.45, 7) is 12.8. The number of nitrogens with zero attached hydrogens (tertiary/aromatic N) is 4. The molecule has 0 aromatic carbocycles. The van der Waals surface area contributed by atoms with Gasteiger partial charge in [0.05, 0.1) is 6.04 Å². The minimum atomic E-state index is 0.524. The van der Waals surface area contributed by atoms with Gasteiger partial charge in [0.15, 0.2) is 0 Å². The van der Waals surface area contributed by atoms with Crippen LogP contribution in [0.5, 0.6) is 0 Å². The average molecular weight is 441 g/mol. The second-order valence-electron chi connectivity index (χ2n) is 13.4. The fourth-order valence-corrected chi connectivity index (χ4v) is 9.84. The van der Waals surface area contributed by atoms with Crippen LogP contribution in [-0.4, -0.2) is 20.2 Å². The van der Waals surface area contributed by atoms with Gasteiger partial charge >= 0.3 is 0 Å². The highest BCUT2D eigenvalue weighted by atomic mass is 15.5. The molecule has 4 heteroatoms. The second-order valence-corrected chi connectivity index (χ2v) is 13.4. The SMILES string of the molecule is CC(C)CCC[C@@H](C)[C@H]1CCC2C3CC[C@H]4C[C@@H](n5cnnn5)CC[C@]4(C)C3CC[C@@]21C. The van der Waals surface area contributed by atoms with E-state index < -0.39 is 0 Å². The van der Waals surface area contributed by atoms with E-state index in [0.29, 0.717) is 16.9 Å². The summed E-state index contributed by atoms with van der Waals surface area (Å²) in [6, 6.07) is 0.524. The number of hydrogen-bond donors (Lipinski definition) is 0. The molecule has 4 fully saturated rings. The standard InChI is InChI=1S/C28H48N4/c1-19(2)7-6-8-20(3)24-11-12-25-23-10-9-21-17-22(32-18-29-30-31-32)13-15-27(21,4)26(23)14-16-28(24,25)5/h18-26H,6-17H2,1-5H3/t20-,21+,22+,23?,24-,25?,26?,27+,28-/m1/s1. The lowest BCUT2D eigenvalue weighted by Gasteiger charge is -2.61. The van der Waals surface area contributed by atoms with E-state index in [-0.39, 0.29) is 0 Å². The van der Waals surface area contributed by atoms with Crippen molar-refractivity contribution in [3.05, 3.63) is 6.33 Å². The van der Waals surface area contributed by atoms with Crippen LogP contribution in [0.1, 0.15) is 118 Å². The molecule has 0 radical (unpaired) electrons. The Morgan fingerprint density at radius 1 is 0.906 bits per heavy atom. The lowest BCUT2D eigenvalue weighted by atomic mass is 9.44. The molecule has 5 rings (SSSR count). The molecule has 0 N–H and O–H groups in total. The van der Waals surface area contributed by atoms with Crippen LogP contribution >= 0.6 is 0 Å². The Hall–Kier alpha value is -0.930. The van der Waals surface area contributed by atoms with E-state index in [4.69, 9.17) is 0 Å². The van der Waals surface area contributed by atoms with Gasteiger partial charge in [-0.1, -0.05) is 53.9 Å². The van der Waals surface area contributed by atoms with Gasteiger partial charge in [0.2, 0.25) is 0 Å². The van der Waals surface area contributed by atoms with E-state index in [1.54, 1.807) is 0 Å². The molecule has 4 aliphatic rings. The van der Waals surface area contributed by atoms with Crippen molar-refractivity contribution in [3.63, 3.8) is 0 Å². The van der Waals surface area contributed by atoms with Crippen LogP contribution in [0.3, 0.4) is 0 Å². The van der Waals surface area contributed by atoms with E-state index in [1.807, 2.05) is 11.0 Å². The molecule has 4 aliphatic carbocycles. The van der Waals surface area contributed by atoms with Crippen LogP contribution in [0.4, 0.5) is 0 Å². The number of tetrazole rings is 1. The van der Waals surface area contributed by atoms with Gasteiger partial charge in [-0.25, -0.2) is 4.68 Å². The van der Waals surface area contributed by atoms with Crippen molar-refractivity contribution in [2.24, 2.45) is 52.3 Å². The fourth-order valence-electron chi connectivity index (χ4n) is 9.84. The molecule has 4 nitrogen and oxygen atoms in total. The molecule has 9 atom stereocenters. The largest absolute Gasteiger partial charge is 0.229 e. The lowest BCUT2D eigenvalue weighted by molar-refractivity contribution is -0.120. The van der Waals surface area contributed by atoms with Gasteiger partial charge in [-0.2, -0.15) is 0 Å². The van der Waals surface area contributed by atoms with Gasteiger partial charge < -0.3 is 0 Å². The number of fused-ring (bicyclic) bond motifs is 5. The lowest BCUT2D eigenvalue weighted by Crippen LogP contribution is -2.53. The quantitative estimate of drug-likeness (QED) is 0.465. The summed E-state index contributed by atoms with van der Waals surface area (Å²) in [6.07, 6.45) is 19.0. The average Bonchev–Trinajstić information content (AvgIpc) is 3.40. The molecule has 0 aliphatic heterocycles. The molecule has 0 spiro atoms. The first-order valence-corrected chi connectivity index (χ1v) is 14.1. The van der Waals surface area contributed by atoms with Crippen LogP contribution in [-0.2, 0) is 0 Å². The Balaban J connectivity index is 1.27. The molecule has 1 aromatic rings. The number of rotatable bonds is 6. The number of hydrogen-bond acceptors (Lipinski definition) is 3. The van der Waals surface area contributed by atoms with Crippen molar-refractivity contribution in [2.45, 2.75) is 118 Å². The minimum absolute atomic E-state index is 0.524. The fraction of sp³-hybridized carbons (Fsp3) is 0.964. The zero-order valence-corrected chi connectivity index (χ0v) is 21.5. The monoisotopic (exact) mass is 440 g/mol. The normalized spacial score (nSPS) is 44.7. The van der Waals surface area contributed by atoms with Crippen molar-refractivity contribution in [3.8, 4) is 0 Å². The summed E-state index contributed by atoms with van der Waals surface area (Å²) < 4.78 is 2.05. The molecular weight excluding hydrogens is 392 g/mol. The van der Waals surface area contributed by atoms with Gasteiger partial charge in [-0.3, -0.25) is 0 Å². The van der Waals surface area contributed by atoms with Gasteiger partial charge in [0.25, 0.3) is 0 Å². The Kier molecular flexibility index (Phi) is 6.20. The van der Waals surface area contributed by atoms with E-state index >= 15 is 0 Å². The van der Waals surface area contributed by atoms with Crippen LogP contribution < -0.4 is 0 Å². The predicted molar refractivity (Wildman–Crippen MR) is 130 cm³/mol. The molecule has 1 heterocycles.